The maximum atomic E-state index is 13.0. The molecule has 0 bridgehead atoms. The molecule has 0 aromatic heterocycles. The van der Waals surface area contributed by atoms with Gasteiger partial charge in [0, 0.05) is 22.9 Å². The van der Waals surface area contributed by atoms with Gasteiger partial charge in [-0.05, 0) is 0 Å². The normalized spacial score (nSPS) is 10.4. The van der Waals surface area contributed by atoms with Crippen LogP contribution in [0.3, 0.4) is 0 Å². The molecule has 0 rings (SSSR count). The molecule has 0 aliphatic rings. The summed E-state index contributed by atoms with van der Waals surface area (Å²) in [6.45, 7) is 0. The summed E-state index contributed by atoms with van der Waals surface area (Å²) in [5.74, 6) is 0. The van der Waals surface area contributed by atoms with E-state index in [4.69, 9.17) is 0 Å². The molecular weight excluding hydrogens is 539 g/mol. The van der Waals surface area contributed by atoms with Crippen LogP contribution in [0.4, 0.5) is 52.7 Å². The van der Waals surface area contributed by atoms with Crippen LogP contribution in [0.1, 0.15) is 0 Å². The zero-order chi connectivity index (χ0) is 17.1. The molecule has 0 nitrogen and oxygen atoms in total. The van der Waals surface area contributed by atoms with Crippen molar-refractivity contribution < 1.29 is 52.7 Å². The fraction of sp³-hybridized carbons (Fsp3) is 0. The molecule has 22 heavy (non-hydrogen) atoms. The molecule has 0 aromatic rings. The van der Waals surface area contributed by atoms with Gasteiger partial charge in [0.1, 0.15) is 0 Å². The van der Waals surface area contributed by atoms with Crippen LogP contribution in [0.2, 0.25) is 0 Å². The molecule has 0 N–H and O–H groups in total. The van der Waals surface area contributed by atoms with Gasteiger partial charge in [0.05, 0.1) is 0 Å². The Kier molecular flexibility index (Phi) is 9.21. The largest absolute Gasteiger partial charge is 1.00 e. The monoisotopic (exact) mass is 540 g/mol. The third-order valence-electron chi connectivity index (χ3n) is 2.24. The Morgan fingerprint density at radius 3 is 0.591 bits per heavy atom. The van der Waals surface area contributed by atoms with Gasteiger partial charge in [0.2, 0.25) is 0 Å². The van der Waals surface area contributed by atoms with E-state index in [1.165, 1.54) is 0 Å². The van der Waals surface area contributed by atoms with E-state index < -0.39 is 53.4 Å². The van der Waals surface area contributed by atoms with Gasteiger partial charge in [0.15, 0.2) is 0 Å². The second-order valence-electron chi connectivity index (χ2n) is 3.30. The first kappa shape index (κ1) is 23.4. The third-order valence-corrected chi connectivity index (χ3v) is 2.24. The van der Waals surface area contributed by atoms with Crippen LogP contribution in [-0.4, -0.2) is 33.4 Å². The van der Waals surface area contributed by atoms with Crippen molar-refractivity contribution in [1.82, 2.24) is 0 Å². The molecule has 0 atom stereocenters. The summed E-state index contributed by atoms with van der Waals surface area (Å²) in [7, 11) is 0. The minimum absolute atomic E-state index is 0. The maximum absolute atomic E-state index is 13.0. The van der Waals surface area contributed by atoms with E-state index in [9.17, 15) is 52.7 Å². The predicted molar refractivity (Wildman–Crippen MR) is 52.9 cm³/mol. The van der Waals surface area contributed by atoms with Crippen LogP contribution < -0.4 is 0 Å². The molecular formula is C8BF12Tl. The number of halogens is 12. The number of rotatable bonds is 4. The minimum Gasteiger partial charge on any atom is -0.251 e. The summed E-state index contributed by atoms with van der Waals surface area (Å²) < 4.78 is 148. The van der Waals surface area contributed by atoms with Gasteiger partial charge >= 0.3 is 27.3 Å². The zero-order valence-electron chi connectivity index (χ0n) is 9.69. The van der Waals surface area contributed by atoms with Gasteiger partial charge in [-0.25, -0.2) is 0 Å². The molecule has 0 radical (unpaired) electrons. The average molecular weight is 539 g/mol. The van der Waals surface area contributed by atoms with Crippen molar-refractivity contribution in [3.8, 4) is 0 Å². The van der Waals surface area contributed by atoms with Crippen LogP contribution in [0, 0.1) is 0 Å². The van der Waals surface area contributed by atoms with Gasteiger partial charge in [0.25, 0.3) is 30.5 Å². The molecule has 0 heterocycles. The Morgan fingerprint density at radius 2 is 0.500 bits per heavy atom. The van der Waals surface area contributed by atoms with Gasteiger partial charge < -0.3 is 0 Å². The van der Waals surface area contributed by atoms with E-state index in [2.05, 4.69) is 0 Å². The van der Waals surface area contributed by atoms with Crippen molar-refractivity contribution in [2.75, 3.05) is 0 Å². The molecule has 0 fully saturated rings. The molecule has 0 saturated heterocycles. The SMILES string of the molecule is FC(F)=C(F)[B-](C(F)=C(F)F)(C(F)=C(F)F)C(F)=C(F)F.[Tl+]. The second kappa shape index (κ2) is 8.66. The molecule has 0 saturated carbocycles. The molecule has 0 aromatic carbocycles. The first-order valence-corrected chi connectivity index (χ1v) is 4.42. The minimum atomic E-state index is -6.57. The smallest absolute Gasteiger partial charge is 0.251 e. The maximum Gasteiger partial charge on any atom is 1.00 e. The molecule has 0 unspecified atom stereocenters. The molecule has 0 aliphatic carbocycles. The van der Waals surface area contributed by atoms with Crippen LogP contribution in [-0.2, 0) is 0 Å². The number of hydrogen-bond donors (Lipinski definition) is 0. The Balaban J connectivity index is 0. The van der Waals surface area contributed by atoms with Crippen molar-refractivity contribution in [2.24, 2.45) is 0 Å². The van der Waals surface area contributed by atoms with Crippen LogP contribution in [0.25, 0.3) is 0 Å². The molecule has 0 spiro atoms. The van der Waals surface area contributed by atoms with Crippen LogP contribution in [0.5, 0.6) is 0 Å². The van der Waals surface area contributed by atoms with E-state index in [0.29, 0.717) is 0 Å². The standard InChI is InChI=1S/C8BF12.Tl/c10-1(5(14)15)9(2(11)6(16)17,3(12)7(18)19)4(13)8(20)21;/q-1;+1. The Hall–Kier alpha value is -0.893. The predicted octanol–water partition coefficient (Wildman–Crippen LogP) is 5.52. The summed E-state index contributed by atoms with van der Waals surface area (Å²) in [5.41, 5.74) is -15.5. The van der Waals surface area contributed by atoms with Gasteiger partial charge in [-0.3, -0.25) is 17.6 Å². The van der Waals surface area contributed by atoms with E-state index in [0.717, 1.165) is 0 Å². The fourth-order valence-electron chi connectivity index (χ4n) is 1.32. The van der Waals surface area contributed by atoms with Crippen LogP contribution >= 0.6 is 0 Å². The quantitative estimate of drug-likeness (QED) is 0.326. The number of hydrogen-bond acceptors (Lipinski definition) is 0. The van der Waals surface area contributed by atoms with Gasteiger partial charge in [-0.2, -0.15) is 35.1 Å². The van der Waals surface area contributed by atoms with Gasteiger partial charge in [-0.15, -0.1) is 0 Å². The zero-order valence-corrected chi connectivity index (χ0v) is 14.2. The average Bonchev–Trinajstić information content (AvgIpc) is 2.37. The first-order valence-electron chi connectivity index (χ1n) is 4.42. The summed E-state index contributed by atoms with van der Waals surface area (Å²) in [6, 6.07) is 0. The van der Waals surface area contributed by atoms with E-state index >= 15 is 0 Å². The molecule has 0 aliphatic heterocycles. The van der Waals surface area contributed by atoms with E-state index in [1.54, 1.807) is 0 Å². The topological polar surface area (TPSA) is 0 Å². The Labute approximate surface area is 133 Å². The van der Waals surface area contributed by atoms with Gasteiger partial charge in [-0.1, -0.05) is 0 Å². The molecule has 122 valence electrons. The summed E-state index contributed by atoms with van der Waals surface area (Å²) in [4.78, 5) is 0. The fourth-order valence-corrected chi connectivity index (χ4v) is 1.32. The first-order chi connectivity index (χ1) is 9.42. The summed E-state index contributed by atoms with van der Waals surface area (Å²) in [6.07, 6.45) is -22.4. The van der Waals surface area contributed by atoms with Crippen molar-refractivity contribution in [3.05, 3.63) is 47.2 Å². The molecule has 14 heteroatoms. The van der Waals surface area contributed by atoms with E-state index in [-0.39, 0.29) is 27.3 Å². The molecule has 0 amide bonds. The summed E-state index contributed by atoms with van der Waals surface area (Å²) in [5, 5.41) is 0. The Morgan fingerprint density at radius 1 is 0.364 bits per heavy atom. The second-order valence-corrected chi connectivity index (χ2v) is 3.30. The summed E-state index contributed by atoms with van der Waals surface area (Å²) >= 11 is 0. The van der Waals surface area contributed by atoms with E-state index in [1.807, 2.05) is 0 Å². The van der Waals surface area contributed by atoms with Crippen molar-refractivity contribution >= 4 is 33.4 Å². The van der Waals surface area contributed by atoms with Crippen LogP contribution in [0.15, 0.2) is 47.2 Å². The van der Waals surface area contributed by atoms with Crippen molar-refractivity contribution in [3.63, 3.8) is 0 Å². The third kappa shape index (κ3) is 4.10. The van der Waals surface area contributed by atoms with Crippen molar-refractivity contribution in [1.29, 1.82) is 0 Å². The van der Waals surface area contributed by atoms with Crippen molar-refractivity contribution in [2.45, 2.75) is 0 Å². The Bertz CT molecular complexity index is 444.